The number of alkyl halides is 3. The second kappa shape index (κ2) is 10.2. The summed E-state index contributed by atoms with van der Waals surface area (Å²) in [6.07, 6.45) is -4.38. The monoisotopic (exact) mass is 359 g/mol. The van der Waals surface area contributed by atoms with Crippen molar-refractivity contribution in [3.05, 3.63) is 17.6 Å². The Balaban J connectivity index is -0.00000103. The normalized spacial score (nSPS) is 15.4. The van der Waals surface area contributed by atoms with E-state index in [1.165, 1.54) is 0 Å². The molecular formula is C15H30F3N2Zn-3. The van der Waals surface area contributed by atoms with Gasteiger partial charge < -0.3 is 17.6 Å². The fraction of sp³-hybridized carbons (Fsp3) is 0.933. The van der Waals surface area contributed by atoms with Crippen molar-refractivity contribution < 1.29 is 32.6 Å². The first kappa shape index (κ1) is 26.2. The van der Waals surface area contributed by atoms with Crippen molar-refractivity contribution in [2.24, 2.45) is 0 Å². The minimum absolute atomic E-state index is 0. The molecule has 0 bridgehead atoms. The Bertz CT molecular complexity index is 255. The van der Waals surface area contributed by atoms with Gasteiger partial charge in [0.15, 0.2) is 0 Å². The molecule has 0 aromatic heterocycles. The van der Waals surface area contributed by atoms with Crippen molar-refractivity contribution in [3.8, 4) is 0 Å². The number of nitrogens with zero attached hydrogens (tertiary/aromatic N) is 2. The Kier molecular flexibility index (Phi) is 12.7. The largest absolute Gasteiger partial charge is 0.655 e. The van der Waals surface area contributed by atoms with Crippen LogP contribution in [0.3, 0.4) is 0 Å². The molecule has 0 rings (SSSR count). The van der Waals surface area contributed by atoms with Gasteiger partial charge >= 0.3 is 6.18 Å². The van der Waals surface area contributed by atoms with Gasteiger partial charge in [0.1, 0.15) is 0 Å². The second-order valence-corrected chi connectivity index (χ2v) is 6.74. The molecule has 2 unspecified atom stereocenters. The van der Waals surface area contributed by atoms with Crippen LogP contribution in [0.1, 0.15) is 61.8 Å². The molecule has 2 nitrogen and oxygen atoms in total. The van der Waals surface area contributed by atoms with Crippen LogP contribution in [0.25, 0.3) is 10.6 Å². The molecule has 0 heterocycles. The minimum atomic E-state index is -4.30. The van der Waals surface area contributed by atoms with Gasteiger partial charge in [0.25, 0.3) is 0 Å². The number of hydrogen-bond acceptors (Lipinski definition) is 0. The Morgan fingerprint density at radius 3 is 1.43 bits per heavy atom. The van der Waals surface area contributed by atoms with E-state index in [9.17, 15) is 13.2 Å². The van der Waals surface area contributed by atoms with E-state index in [-0.39, 0.29) is 37.5 Å². The standard InChI is InChI=1S/C13H25F3N2.C2H5.Zn/c1-9(17-11(2,3)4)8-10(13(14,15)16)18-12(5,6)7;1-2;/h9-10H,8H2,1-7H3;1H2,2H3;/q-2;-1;. The molecule has 2 atom stereocenters. The molecule has 0 aliphatic heterocycles. The third-order valence-electron chi connectivity index (χ3n) is 2.09. The van der Waals surface area contributed by atoms with Gasteiger partial charge in [-0.3, -0.25) is 0 Å². The first-order chi connectivity index (χ1) is 8.71. The van der Waals surface area contributed by atoms with Gasteiger partial charge in [0.2, 0.25) is 0 Å². The molecule has 0 fully saturated rings. The van der Waals surface area contributed by atoms with Crippen LogP contribution >= 0.6 is 0 Å². The van der Waals surface area contributed by atoms with E-state index in [1.54, 1.807) is 34.6 Å². The van der Waals surface area contributed by atoms with Crippen LogP contribution < -0.4 is 0 Å². The van der Waals surface area contributed by atoms with E-state index in [0.717, 1.165) is 0 Å². The molecule has 6 heteroatoms. The summed E-state index contributed by atoms with van der Waals surface area (Å²) in [6, 6.07) is -2.00. The maximum atomic E-state index is 12.9. The molecule has 0 N–H and O–H groups in total. The van der Waals surface area contributed by atoms with Crippen molar-refractivity contribution >= 4 is 0 Å². The zero-order valence-corrected chi connectivity index (χ0v) is 17.8. The third-order valence-corrected chi connectivity index (χ3v) is 2.09. The maximum absolute atomic E-state index is 12.9. The van der Waals surface area contributed by atoms with Crippen LogP contribution in [0.4, 0.5) is 13.2 Å². The Labute approximate surface area is 141 Å². The van der Waals surface area contributed by atoms with Gasteiger partial charge in [-0.2, -0.15) is 20.1 Å². The molecule has 0 saturated carbocycles. The minimum Gasteiger partial charge on any atom is -0.655 e. The first-order valence-electron chi connectivity index (χ1n) is 6.92. The smallest absolute Gasteiger partial charge is 0.373 e. The van der Waals surface area contributed by atoms with Gasteiger partial charge in [0, 0.05) is 19.5 Å². The molecule has 126 valence electrons. The van der Waals surface area contributed by atoms with Crippen LogP contribution in [0.15, 0.2) is 0 Å². The predicted octanol–water partition coefficient (Wildman–Crippen LogP) is 5.88. The second-order valence-electron chi connectivity index (χ2n) is 6.74. The molecule has 0 aliphatic carbocycles. The zero-order valence-electron chi connectivity index (χ0n) is 14.8. The molecule has 0 saturated heterocycles. The molecule has 0 aliphatic rings. The molecular weight excluding hydrogens is 331 g/mol. The summed E-state index contributed by atoms with van der Waals surface area (Å²) in [4.78, 5) is 0. The summed E-state index contributed by atoms with van der Waals surface area (Å²) in [5.41, 5.74) is -1.01. The van der Waals surface area contributed by atoms with Crippen molar-refractivity contribution in [2.45, 2.75) is 91.1 Å². The van der Waals surface area contributed by atoms with Gasteiger partial charge in [-0.15, -0.1) is 17.1 Å². The molecule has 0 aromatic rings. The van der Waals surface area contributed by atoms with Crippen LogP contribution in [0, 0.1) is 6.92 Å². The first-order valence-corrected chi connectivity index (χ1v) is 6.92. The predicted molar refractivity (Wildman–Crippen MR) is 81.2 cm³/mol. The Morgan fingerprint density at radius 2 is 1.19 bits per heavy atom. The van der Waals surface area contributed by atoms with Crippen LogP contribution in [-0.4, -0.2) is 29.3 Å². The van der Waals surface area contributed by atoms with Crippen molar-refractivity contribution in [2.75, 3.05) is 0 Å². The summed E-state index contributed by atoms with van der Waals surface area (Å²) >= 11 is 0. The average molecular weight is 361 g/mol. The van der Waals surface area contributed by atoms with E-state index in [0.29, 0.717) is 0 Å². The van der Waals surface area contributed by atoms with Crippen molar-refractivity contribution in [1.29, 1.82) is 0 Å². The van der Waals surface area contributed by atoms with E-state index in [4.69, 9.17) is 0 Å². The summed E-state index contributed by atoms with van der Waals surface area (Å²) in [7, 11) is 0. The fourth-order valence-corrected chi connectivity index (χ4v) is 1.76. The molecule has 0 spiro atoms. The van der Waals surface area contributed by atoms with E-state index in [2.05, 4.69) is 17.6 Å². The van der Waals surface area contributed by atoms with Crippen molar-refractivity contribution in [3.63, 3.8) is 0 Å². The van der Waals surface area contributed by atoms with Gasteiger partial charge in [-0.25, -0.2) is 0 Å². The van der Waals surface area contributed by atoms with Gasteiger partial charge in [0.05, 0.1) is 0 Å². The van der Waals surface area contributed by atoms with Gasteiger partial charge in [-0.1, -0.05) is 54.9 Å². The SMILES string of the molecule is CC(CC([N-]C(C)(C)C)C(F)(F)F)[N-]C(C)(C)C.[CH2-]C.[Zn]. The van der Waals surface area contributed by atoms with Crippen molar-refractivity contribution in [1.82, 2.24) is 0 Å². The fourth-order valence-electron chi connectivity index (χ4n) is 1.76. The van der Waals surface area contributed by atoms with Crippen LogP contribution in [0.2, 0.25) is 0 Å². The Hall–Kier alpha value is 0.333. The third kappa shape index (κ3) is 16.5. The summed E-state index contributed by atoms with van der Waals surface area (Å²) in [5, 5.41) is 8.20. The molecule has 21 heavy (non-hydrogen) atoms. The quantitative estimate of drug-likeness (QED) is 0.442. The van der Waals surface area contributed by atoms with E-state index in [1.807, 2.05) is 20.8 Å². The van der Waals surface area contributed by atoms with E-state index >= 15 is 0 Å². The molecule has 0 radical (unpaired) electrons. The van der Waals surface area contributed by atoms with E-state index < -0.39 is 17.8 Å². The number of hydrogen-bond donors (Lipinski definition) is 0. The molecule has 0 amide bonds. The maximum Gasteiger partial charge on any atom is 0.373 e. The Morgan fingerprint density at radius 1 is 0.857 bits per heavy atom. The number of halogens is 3. The van der Waals surface area contributed by atoms with Gasteiger partial charge in [-0.05, 0) is 6.04 Å². The number of rotatable bonds is 4. The summed E-state index contributed by atoms with van der Waals surface area (Å²) < 4.78 is 38.7. The topological polar surface area (TPSA) is 28.2 Å². The van der Waals surface area contributed by atoms with Crippen LogP contribution in [0.5, 0.6) is 0 Å². The van der Waals surface area contributed by atoms with Crippen LogP contribution in [-0.2, 0) is 19.5 Å². The average Bonchev–Trinajstić information content (AvgIpc) is 2.13. The summed E-state index contributed by atoms with van der Waals surface area (Å²) in [5.74, 6) is 0. The zero-order chi connectivity index (χ0) is 16.8. The summed E-state index contributed by atoms with van der Waals surface area (Å²) in [6.45, 7) is 17.4. The molecule has 0 aromatic carbocycles.